The second kappa shape index (κ2) is 13.6. The molecule has 4 N–H and O–H groups in total. The van der Waals surface area contributed by atoms with Crippen LogP contribution in [0.1, 0.15) is 70.6 Å². The fraction of sp³-hybridized carbons (Fsp3) is 0.581. The lowest BCUT2D eigenvalue weighted by Crippen LogP contribution is -2.59. The lowest BCUT2D eigenvalue weighted by atomic mass is 9.85. The minimum absolute atomic E-state index is 0.0198. The first-order valence-corrected chi connectivity index (χ1v) is 15.7. The predicted octanol–water partition coefficient (Wildman–Crippen LogP) is 3.36. The van der Waals surface area contributed by atoms with Gasteiger partial charge in [0.15, 0.2) is 5.67 Å². The number of carbonyl (C=O) groups excluding carboxylic acids is 3. The van der Waals surface area contributed by atoms with Crippen LogP contribution in [0.2, 0.25) is 0 Å². The molecule has 2 heterocycles. The molecule has 13 heteroatoms. The van der Waals surface area contributed by atoms with Gasteiger partial charge in [0.05, 0.1) is 28.8 Å². The number of aliphatic carboxylic acids is 1. The molecule has 0 radical (unpaired) electrons. The summed E-state index contributed by atoms with van der Waals surface area (Å²) in [6.45, 7) is 7.42. The van der Waals surface area contributed by atoms with Crippen LogP contribution >= 0.6 is 11.3 Å². The number of carboxylic acid groups (broad SMARTS) is 1. The van der Waals surface area contributed by atoms with Crippen LogP contribution in [0.5, 0.6) is 5.75 Å². The number of carbonyl (C=O) groups is 4. The molecule has 0 spiro atoms. The topological polar surface area (TPSA) is 158 Å². The summed E-state index contributed by atoms with van der Waals surface area (Å²) < 4.78 is 20.5. The number of alkyl halides is 1. The highest BCUT2D eigenvalue weighted by Crippen LogP contribution is 2.40. The van der Waals surface area contributed by atoms with Crippen molar-refractivity contribution in [1.82, 2.24) is 20.5 Å². The number of thiazole rings is 1. The van der Waals surface area contributed by atoms with E-state index in [0.29, 0.717) is 24.2 Å². The third kappa shape index (κ3) is 8.12. The van der Waals surface area contributed by atoms with Crippen molar-refractivity contribution in [3.8, 4) is 16.2 Å². The molecule has 1 aliphatic heterocycles. The van der Waals surface area contributed by atoms with E-state index in [1.165, 1.54) is 16.2 Å². The van der Waals surface area contributed by atoms with E-state index in [0.717, 1.165) is 16.1 Å². The molecule has 3 amide bonds. The van der Waals surface area contributed by atoms with Crippen molar-refractivity contribution >= 4 is 35.0 Å². The van der Waals surface area contributed by atoms with Gasteiger partial charge in [-0.3, -0.25) is 19.2 Å². The van der Waals surface area contributed by atoms with Crippen molar-refractivity contribution in [2.75, 3.05) is 13.2 Å². The Labute approximate surface area is 260 Å². The van der Waals surface area contributed by atoms with Gasteiger partial charge in [-0.15, -0.1) is 11.3 Å². The zero-order valence-corrected chi connectivity index (χ0v) is 26.3. The van der Waals surface area contributed by atoms with Gasteiger partial charge < -0.3 is 30.5 Å². The van der Waals surface area contributed by atoms with E-state index >= 15 is 0 Å². The predicted molar refractivity (Wildman–Crippen MR) is 162 cm³/mol. The Hall–Kier alpha value is -3.58. The van der Waals surface area contributed by atoms with Gasteiger partial charge in [-0.05, 0) is 49.7 Å². The summed E-state index contributed by atoms with van der Waals surface area (Å²) >= 11 is 1.49. The van der Waals surface area contributed by atoms with E-state index in [2.05, 4.69) is 15.6 Å². The molecule has 1 aliphatic carbocycles. The van der Waals surface area contributed by atoms with Gasteiger partial charge in [0, 0.05) is 31.5 Å². The molecular weight excluding hydrogens is 591 g/mol. The number of aryl methyl sites for hydroxylation is 1. The summed E-state index contributed by atoms with van der Waals surface area (Å²) in [7, 11) is 0. The number of hydrogen-bond acceptors (Lipinski definition) is 8. The van der Waals surface area contributed by atoms with Crippen molar-refractivity contribution in [2.45, 2.75) is 96.6 Å². The fourth-order valence-electron chi connectivity index (χ4n) is 5.13. The molecule has 1 unspecified atom stereocenters. The molecule has 2 aliphatic rings. The molecule has 44 heavy (non-hydrogen) atoms. The van der Waals surface area contributed by atoms with Crippen molar-refractivity contribution in [3.63, 3.8) is 0 Å². The Morgan fingerprint density at radius 1 is 1.23 bits per heavy atom. The van der Waals surface area contributed by atoms with Crippen molar-refractivity contribution in [3.05, 3.63) is 35.0 Å². The number of amides is 3. The maximum atomic E-state index is 14.4. The van der Waals surface area contributed by atoms with Crippen LogP contribution < -0.4 is 15.4 Å². The minimum atomic E-state index is -1.96. The smallest absolute Gasteiger partial charge is 0.303 e. The molecule has 1 saturated carbocycles. The molecule has 4 rings (SSSR count). The molecule has 2 fully saturated rings. The highest BCUT2D eigenvalue weighted by molar-refractivity contribution is 7.13. The zero-order chi connectivity index (χ0) is 32.2. The summed E-state index contributed by atoms with van der Waals surface area (Å²) in [6, 6.07) is 3.53. The monoisotopic (exact) mass is 632 g/mol. The second-order valence-electron chi connectivity index (χ2n) is 12.6. The van der Waals surface area contributed by atoms with E-state index < -0.39 is 53.0 Å². The van der Waals surface area contributed by atoms with Gasteiger partial charge in [-0.2, -0.15) is 0 Å². The first kappa shape index (κ1) is 33.3. The van der Waals surface area contributed by atoms with E-state index in [-0.39, 0.29) is 45.4 Å². The first-order chi connectivity index (χ1) is 20.7. The number of ether oxygens (including phenoxy) is 1. The average Bonchev–Trinajstić information content (AvgIpc) is 3.36. The zero-order valence-electron chi connectivity index (χ0n) is 25.5. The SMILES string of the molecule is Cc1ncsc1-c1ccc(CNC(=O)[C@@H]2C[C@@H](O)CN2C(=O)C(NC(=O)C2(F)CC2)C(C)(C)C)c(OCCCCC(=O)O)c1. The van der Waals surface area contributed by atoms with E-state index in [1.54, 1.807) is 26.3 Å². The van der Waals surface area contributed by atoms with Gasteiger partial charge >= 0.3 is 5.97 Å². The molecule has 3 atom stereocenters. The molecule has 2 aromatic rings. The quantitative estimate of drug-likeness (QED) is 0.245. The van der Waals surface area contributed by atoms with Crippen LogP contribution in [0.3, 0.4) is 0 Å². The van der Waals surface area contributed by atoms with Crippen LogP contribution in [0.15, 0.2) is 23.7 Å². The molecule has 1 aromatic heterocycles. The van der Waals surface area contributed by atoms with E-state index in [9.17, 15) is 28.7 Å². The number of rotatable bonds is 13. The number of benzene rings is 1. The molecule has 11 nitrogen and oxygen atoms in total. The van der Waals surface area contributed by atoms with Gasteiger partial charge in [-0.25, -0.2) is 9.37 Å². The Kier molecular flexibility index (Phi) is 10.3. The van der Waals surface area contributed by atoms with E-state index in [1.807, 2.05) is 25.1 Å². The van der Waals surface area contributed by atoms with Crippen molar-refractivity contribution < 1.29 is 38.5 Å². The number of aromatic nitrogens is 1. The van der Waals surface area contributed by atoms with Gasteiger partial charge in [0.1, 0.15) is 17.8 Å². The number of aliphatic hydroxyl groups is 1. The third-order valence-electron chi connectivity index (χ3n) is 7.92. The number of nitrogens with one attached hydrogen (secondary N) is 2. The third-order valence-corrected chi connectivity index (χ3v) is 8.90. The highest BCUT2D eigenvalue weighted by Gasteiger charge is 2.53. The lowest BCUT2D eigenvalue weighted by molar-refractivity contribution is -0.145. The maximum Gasteiger partial charge on any atom is 0.303 e. The molecule has 1 aromatic carbocycles. The number of halogens is 1. The number of hydrogen-bond donors (Lipinski definition) is 4. The number of β-amino-alcohol motifs (C(OH)–C–C–N with tert-alkyl or cyclic N) is 1. The molecule has 1 saturated heterocycles. The average molecular weight is 633 g/mol. The number of unbranched alkanes of at least 4 members (excludes halogenated alkanes) is 1. The summed E-state index contributed by atoms with van der Waals surface area (Å²) in [5.74, 6) is -2.21. The van der Waals surface area contributed by atoms with Crippen LogP contribution in [0.25, 0.3) is 10.4 Å². The van der Waals surface area contributed by atoms with Crippen molar-refractivity contribution in [2.24, 2.45) is 5.41 Å². The summed E-state index contributed by atoms with van der Waals surface area (Å²) in [6.07, 6.45) is 0.342. The van der Waals surface area contributed by atoms with Crippen LogP contribution in [-0.2, 0) is 25.7 Å². The second-order valence-corrected chi connectivity index (χ2v) is 13.5. The van der Waals surface area contributed by atoms with Crippen LogP contribution in [0, 0.1) is 12.3 Å². The fourth-order valence-corrected chi connectivity index (χ4v) is 5.94. The maximum absolute atomic E-state index is 14.4. The van der Waals surface area contributed by atoms with Crippen molar-refractivity contribution in [1.29, 1.82) is 0 Å². The Bertz CT molecular complexity index is 1390. The summed E-state index contributed by atoms with van der Waals surface area (Å²) in [5, 5.41) is 24.8. The number of aliphatic hydroxyl groups excluding tert-OH is 1. The summed E-state index contributed by atoms with van der Waals surface area (Å²) in [4.78, 5) is 57.1. The standard InChI is InChI=1S/C31H41FN4O7S/c1-18-25(44-17-34-18)19-8-9-20(23(13-19)43-12-6-5-7-24(38)39)15-33-27(40)22-14-21(37)16-36(22)28(41)26(30(2,3)4)35-29(42)31(32)10-11-31/h8-9,13,17,21-22,26,37H,5-7,10-12,14-16H2,1-4H3,(H,33,40)(H,35,42)(H,38,39)/t21-,22+,26?/m1/s1. The number of carboxylic acids is 1. The van der Waals surface area contributed by atoms with E-state index in [4.69, 9.17) is 9.84 Å². The number of likely N-dealkylation sites (tertiary alicyclic amines) is 1. The lowest BCUT2D eigenvalue weighted by Gasteiger charge is -2.35. The van der Waals surface area contributed by atoms with Crippen LogP contribution in [0.4, 0.5) is 4.39 Å². The Morgan fingerprint density at radius 2 is 1.95 bits per heavy atom. The van der Waals surface area contributed by atoms with Gasteiger partial charge in [0.2, 0.25) is 11.8 Å². The summed E-state index contributed by atoms with van der Waals surface area (Å²) in [5.41, 5.74) is 1.46. The van der Waals surface area contributed by atoms with Gasteiger partial charge in [-0.1, -0.05) is 32.9 Å². The Balaban J connectivity index is 1.47. The normalized spacial score (nSPS) is 19.7. The first-order valence-electron chi connectivity index (χ1n) is 14.8. The molecule has 0 bridgehead atoms. The van der Waals surface area contributed by atoms with Gasteiger partial charge in [0.25, 0.3) is 5.91 Å². The Morgan fingerprint density at radius 3 is 2.57 bits per heavy atom. The largest absolute Gasteiger partial charge is 0.493 e. The minimum Gasteiger partial charge on any atom is -0.493 e. The molecular formula is C31H41FN4O7S. The number of nitrogens with zero attached hydrogens (tertiary/aromatic N) is 2. The molecule has 240 valence electrons. The van der Waals surface area contributed by atoms with Crippen LogP contribution in [-0.4, -0.2) is 80.8 Å². The highest BCUT2D eigenvalue weighted by atomic mass is 32.1.